The van der Waals surface area contributed by atoms with E-state index in [9.17, 15) is 19.5 Å². The molecule has 2 N–H and O–H groups in total. The van der Waals surface area contributed by atoms with Gasteiger partial charge in [0.05, 0.1) is 18.4 Å². The molecular formula is C22H29N3O5. The van der Waals surface area contributed by atoms with Gasteiger partial charge in [-0.1, -0.05) is 12.8 Å². The zero-order valence-electron chi connectivity index (χ0n) is 17.3. The third kappa shape index (κ3) is 3.88. The van der Waals surface area contributed by atoms with E-state index in [-0.39, 0.29) is 30.6 Å². The first-order valence-electron chi connectivity index (χ1n) is 10.7. The molecule has 1 aromatic rings. The lowest BCUT2D eigenvalue weighted by molar-refractivity contribution is -0.143. The van der Waals surface area contributed by atoms with E-state index in [0.29, 0.717) is 30.9 Å². The number of nitrogens with zero attached hydrogens (tertiary/aromatic N) is 2. The summed E-state index contributed by atoms with van der Waals surface area (Å²) < 4.78 is 5.11. The van der Waals surface area contributed by atoms with Crippen molar-refractivity contribution in [2.45, 2.75) is 56.6 Å². The van der Waals surface area contributed by atoms with Crippen molar-refractivity contribution in [2.24, 2.45) is 5.92 Å². The number of urea groups is 1. The fourth-order valence-electron chi connectivity index (χ4n) is 4.93. The molecule has 30 heavy (non-hydrogen) atoms. The van der Waals surface area contributed by atoms with Gasteiger partial charge in [-0.05, 0) is 49.9 Å². The van der Waals surface area contributed by atoms with E-state index in [2.05, 4.69) is 5.32 Å². The van der Waals surface area contributed by atoms with Crippen LogP contribution in [0.3, 0.4) is 0 Å². The standard InChI is InChI=1S/C22H29N3O5/c1-30-17-7-5-16(6-8-17)25-20(27)18(23-21(25)28)9-10-19(26)24-13-12-22(29)11-3-2-4-15(22)14-24/h5-8,15,18,29H,2-4,9-14H2,1H3,(H,23,28)/t15?,18-,22?/m0/s1. The van der Waals surface area contributed by atoms with Gasteiger partial charge in [0.15, 0.2) is 0 Å². The lowest BCUT2D eigenvalue weighted by Crippen LogP contribution is -2.54. The molecule has 2 heterocycles. The van der Waals surface area contributed by atoms with Gasteiger partial charge in [-0.25, -0.2) is 9.69 Å². The maximum Gasteiger partial charge on any atom is 0.329 e. The summed E-state index contributed by atoms with van der Waals surface area (Å²) in [5.74, 6) is 0.410. The number of piperidine rings is 1. The molecule has 1 aliphatic carbocycles. The van der Waals surface area contributed by atoms with Crippen molar-refractivity contribution in [1.29, 1.82) is 0 Å². The molecule has 3 fully saturated rings. The maximum absolute atomic E-state index is 12.7. The summed E-state index contributed by atoms with van der Waals surface area (Å²) in [7, 11) is 1.55. The number of methoxy groups -OCH3 is 1. The number of imide groups is 1. The topological polar surface area (TPSA) is 99.2 Å². The Morgan fingerprint density at radius 3 is 2.73 bits per heavy atom. The molecule has 8 nitrogen and oxygen atoms in total. The van der Waals surface area contributed by atoms with E-state index in [4.69, 9.17) is 4.74 Å². The molecule has 3 aliphatic rings. The number of carbonyl (C=O) groups excluding carboxylic acids is 3. The minimum atomic E-state index is -0.708. The number of anilines is 1. The quantitative estimate of drug-likeness (QED) is 0.717. The lowest BCUT2D eigenvalue weighted by Gasteiger charge is -2.47. The minimum absolute atomic E-state index is 0.0208. The van der Waals surface area contributed by atoms with Crippen LogP contribution in [0, 0.1) is 5.92 Å². The van der Waals surface area contributed by atoms with E-state index in [1.54, 1.807) is 31.4 Å². The highest BCUT2D eigenvalue weighted by Crippen LogP contribution is 2.40. The Bertz CT molecular complexity index is 827. The number of hydrogen-bond acceptors (Lipinski definition) is 5. The molecule has 4 rings (SSSR count). The smallest absolute Gasteiger partial charge is 0.329 e. The van der Waals surface area contributed by atoms with Crippen LogP contribution in [0.15, 0.2) is 24.3 Å². The third-order valence-corrected chi connectivity index (χ3v) is 6.78. The number of hydrogen-bond donors (Lipinski definition) is 2. The van der Waals surface area contributed by atoms with Crippen LogP contribution in [0.2, 0.25) is 0 Å². The van der Waals surface area contributed by atoms with Gasteiger partial charge in [0.1, 0.15) is 11.8 Å². The van der Waals surface area contributed by atoms with Crippen LogP contribution < -0.4 is 15.0 Å². The van der Waals surface area contributed by atoms with Gasteiger partial charge in [-0.3, -0.25) is 9.59 Å². The zero-order valence-corrected chi connectivity index (χ0v) is 17.3. The highest BCUT2D eigenvalue weighted by atomic mass is 16.5. The summed E-state index contributed by atoms with van der Waals surface area (Å²) in [5.41, 5.74) is -0.150. The summed E-state index contributed by atoms with van der Waals surface area (Å²) in [4.78, 5) is 40.7. The molecule has 1 aromatic carbocycles. The van der Waals surface area contributed by atoms with Gasteiger partial charge in [0.25, 0.3) is 5.91 Å². The summed E-state index contributed by atoms with van der Waals surface area (Å²) in [5, 5.41) is 13.5. The predicted molar refractivity (Wildman–Crippen MR) is 110 cm³/mol. The lowest BCUT2D eigenvalue weighted by atomic mass is 9.71. The van der Waals surface area contributed by atoms with E-state index in [1.807, 2.05) is 4.90 Å². The number of ether oxygens (including phenoxy) is 1. The fraction of sp³-hybridized carbons (Fsp3) is 0.591. The summed E-state index contributed by atoms with van der Waals surface area (Å²) in [6, 6.07) is 5.50. The number of carbonyl (C=O) groups is 3. The summed E-state index contributed by atoms with van der Waals surface area (Å²) in [6.07, 6.45) is 5.00. The minimum Gasteiger partial charge on any atom is -0.497 e. The number of fused-ring (bicyclic) bond motifs is 1. The molecule has 0 bridgehead atoms. The highest BCUT2D eigenvalue weighted by Gasteiger charge is 2.44. The van der Waals surface area contributed by atoms with Gasteiger partial charge in [-0.15, -0.1) is 0 Å². The first-order chi connectivity index (χ1) is 14.4. The normalized spacial score (nSPS) is 28.9. The molecule has 2 saturated heterocycles. The Labute approximate surface area is 176 Å². The van der Waals surface area contributed by atoms with E-state index in [1.165, 1.54) is 0 Å². The van der Waals surface area contributed by atoms with E-state index < -0.39 is 17.7 Å². The highest BCUT2D eigenvalue weighted by molar-refractivity contribution is 6.21. The van der Waals surface area contributed by atoms with Crippen LogP contribution in [0.5, 0.6) is 5.75 Å². The van der Waals surface area contributed by atoms with Crippen molar-refractivity contribution >= 4 is 23.5 Å². The Balaban J connectivity index is 1.33. The van der Waals surface area contributed by atoms with Crippen LogP contribution in [0.4, 0.5) is 10.5 Å². The van der Waals surface area contributed by atoms with Crippen molar-refractivity contribution in [3.63, 3.8) is 0 Å². The second kappa shape index (κ2) is 8.26. The molecule has 4 amide bonds. The maximum atomic E-state index is 12.7. The average Bonchev–Trinajstić information content (AvgIpc) is 3.04. The second-order valence-corrected chi connectivity index (χ2v) is 8.55. The Hall–Kier alpha value is -2.61. The van der Waals surface area contributed by atoms with Crippen LogP contribution in [-0.2, 0) is 9.59 Å². The van der Waals surface area contributed by atoms with Crippen LogP contribution >= 0.6 is 0 Å². The number of likely N-dealkylation sites (tertiary alicyclic amines) is 1. The predicted octanol–water partition coefficient (Wildman–Crippen LogP) is 2.05. The number of nitrogens with one attached hydrogen (secondary N) is 1. The van der Waals surface area contributed by atoms with Gasteiger partial charge >= 0.3 is 6.03 Å². The van der Waals surface area contributed by atoms with Crippen LogP contribution in [-0.4, -0.2) is 59.7 Å². The van der Waals surface area contributed by atoms with Gasteiger partial charge in [0, 0.05) is 25.4 Å². The van der Waals surface area contributed by atoms with E-state index in [0.717, 1.165) is 30.6 Å². The fourth-order valence-corrected chi connectivity index (χ4v) is 4.93. The average molecular weight is 415 g/mol. The molecule has 2 unspecified atom stereocenters. The molecule has 2 aliphatic heterocycles. The molecule has 0 spiro atoms. The van der Waals surface area contributed by atoms with Gasteiger partial charge in [-0.2, -0.15) is 0 Å². The van der Waals surface area contributed by atoms with Gasteiger partial charge in [0.2, 0.25) is 5.91 Å². The third-order valence-electron chi connectivity index (χ3n) is 6.78. The Morgan fingerprint density at radius 2 is 2.00 bits per heavy atom. The first kappa shape index (κ1) is 20.7. The molecule has 162 valence electrons. The van der Waals surface area contributed by atoms with Crippen molar-refractivity contribution in [3.8, 4) is 5.75 Å². The zero-order chi connectivity index (χ0) is 21.3. The SMILES string of the molecule is COc1ccc(N2C(=O)N[C@@H](CCC(=O)N3CCC4(O)CCCCC4C3)C2=O)cc1. The Kier molecular flexibility index (Phi) is 5.69. The largest absolute Gasteiger partial charge is 0.497 e. The van der Waals surface area contributed by atoms with E-state index >= 15 is 0 Å². The molecule has 8 heteroatoms. The number of aliphatic hydroxyl groups is 1. The van der Waals surface area contributed by atoms with Crippen molar-refractivity contribution in [2.75, 3.05) is 25.1 Å². The summed E-state index contributed by atoms with van der Waals surface area (Å²) in [6.45, 7) is 1.13. The van der Waals surface area contributed by atoms with Crippen molar-refractivity contribution in [3.05, 3.63) is 24.3 Å². The van der Waals surface area contributed by atoms with Crippen LogP contribution in [0.25, 0.3) is 0 Å². The number of amides is 4. The van der Waals surface area contributed by atoms with Gasteiger partial charge < -0.3 is 20.1 Å². The second-order valence-electron chi connectivity index (χ2n) is 8.55. The molecular weight excluding hydrogens is 386 g/mol. The monoisotopic (exact) mass is 415 g/mol. The van der Waals surface area contributed by atoms with Crippen molar-refractivity contribution in [1.82, 2.24) is 10.2 Å². The van der Waals surface area contributed by atoms with Crippen LogP contribution in [0.1, 0.15) is 44.9 Å². The molecule has 0 radical (unpaired) electrons. The molecule has 3 atom stereocenters. The first-order valence-corrected chi connectivity index (χ1v) is 10.7. The Morgan fingerprint density at radius 1 is 1.23 bits per heavy atom. The number of benzene rings is 1. The van der Waals surface area contributed by atoms with Crippen molar-refractivity contribution < 1.29 is 24.2 Å². The molecule has 0 aromatic heterocycles. The number of rotatable bonds is 5. The summed E-state index contributed by atoms with van der Waals surface area (Å²) >= 11 is 0. The molecule has 1 saturated carbocycles.